The molecular weight excluding hydrogens is 381 g/mol. The van der Waals surface area contributed by atoms with Crippen molar-refractivity contribution >= 4 is 43.0 Å². The molecule has 3 N–H and O–H groups in total. The third-order valence-electron chi connectivity index (χ3n) is 2.76. The van der Waals surface area contributed by atoms with Gasteiger partial charge < -0.3 is 5.73 Å². The highest BCUT2D eigenvalue weighted by atomic mass is 79.9. The number of nitrogen functional groups attached to an aromatic ring is 1. The number of nitrogens with two attached hydrogens (primary N) is 1. The van der Waals surface area contributed by atoms with Gasteiger partial charge >= 0.3 is 0 Å². The van der Waals surface area contributed by atoms with E-state index < -0.39 is 26.8 Å². The molecule has 0 spiro atoms. The Morgan fingerprint density at radius 1 is 1.52 bits per heavy atom. The quantitative estimate of drug-likeness (QED) is 0.764. The third kappa shape index (κ3) is 3.60. The van der Waals surface area contributed by atoms with Crippen molar-refractivity contribution in [1.82, 2.24) is 9.71 Å². The second-order valence-electron chi connectivity index (χ2n) is 4.27. The van der Waals surface area contributed by atoms with Gasteiger partial charge in [-0.25, -0.2) is 22.5 Å². The number of nitrogens with zero attached hydrogens (tertiary/aromatic N) is 1. The Bertz CT molecular complexity index is 735. The molecule has 2 rings (SSSR count). The van der Waals surface area contributed by atoms with Gasteiger partial charge in [0.2, 0.25) is 10.0 Å². The van der Waals surface area contributed by atoms with E-state index >= 15 is 0 Å². The Kier molecular flexibility index (Phi) is 4.97. The minimum absolute atomic E-state index is 0.00479. The minimum Gasteiger partial charge on any atom is -0.399 e. The summed E-state index contributed by atoms with van der Waals surface area (Å²) in [5.74, 6) is -0.870. The van der Waals surface area contributed by atoms with E-state index in [-0.39, 0.29) is 10.2 Å². The molecule has 1 aromatic heterocycles. The van der Waals surface area contributed by atoms with E-state index in [0.717, 1.165) is 6.07 Å². The van der Waals surface area contributed by atoms with Crippen molar-refractivity contribution in [1.29, 1.82) is 0 Å². The lowest BCUT2D eigenvalue weighted by atomic mass is 10.3. The highest BCUT2D eigenvalue weighted by Gasteiger charge is 2.26. The van der Waals surface area contributed by atoms with Crippen LogP contribution in [0.3, 0.4) is 0 Å². The molecule has 0 aliphatic carbocycles. The topological polar surface area (TPSA) is 85.1 Å². The van der Waals surface area contributed by atoms with Gasteiger partial charge in [-0.05, 0) is 34.5 Å². The first-order chi connectivity index (χ1) is 9.85. The maximum atomic E-state index is 14.0. The van der Waals surface area contributed by atoms with Crippen molar-refractivity contribution in [2.24, 2.45) is 0 Å². The average molecular weight is 394 g/mol. The number of halogens is 2. The normalized spacial score (nSPS) is 13.3. The number of thiazole rings is 1. The number of aromatic nitrogens is 1. The van der Waals surface area contributed by atoms with E-state index in [4.69, 9.17) is 5.73 Å². The van der Waals surface area contributed by atoms with Gasteiger partial charge in [0.25, 0.3) is 0 Å². The first-order valence-corrected chi connectivity index (χ1v) is 9.17. The summed E-state index contributed by atoms with van der Waals surface area (Å²) in [6.07, 6.45) is 2.09. The lowest BCUT2D eigenvalue weighted by Crippen LogP contribution is -2.29. The fourth-order valence-corrected chi connectivity index (χ4v) is 4.62. The highest BCUT2D eigenvalue weighted by Crippen LogP contribution is 2.28. The molecule has 0 saturated carbocycles. The molecule has 114 valence electrons. The van der Waals surface area contributed by atoms with Crippen LogP contribution in [-0.2, 0) is 10.0 Å². The van der Waals surface area contributed by atoms with Crippen molar-refractivity contribution in [2.75, 3.05) is 5.73 Å². The van der Waals surface area contributed by atoms with Crippen molar-refractivity contribution in [3.63, 3.8) is 0 Å². The summed E-state index contributed by atoms with van der Waals surface area (Å²) in [6, 6.07) is 1.90. The Hall–Kier alpha value is -1.03. The number of benzene rings is 1. The molecule has 0 fully saturated rings. The van der Waals surface area contributed by atoms with Gasteiger partial charge in [0.05, 0.1) is 10.5 Å². The standard InChI is InChI=1S/C12H13BrFN3O2S2/c1-2-9(12-16-3-4-20-12)17-21(18,19)10-6-7(15)5-8(13)11(10)14/h3-6,9,17H,2,15H2,1H3. The van der Waals surface area contributed by atoms with Crippen molar-refractivity contribution in [2.45, 2.75) is 24.3 Å². The Labute approximate surface area is 134 Å². The third-order valence-corrected chi connectivity index (χ3v) is 5.70. The van der Waals surface area contributed by atoms with Gasteiger partial charge in [0, 0.05) is 17.3 Å². The van der Waals surface area contributed by atoms with Gasteiger partial charge in [0.15, 0.2) is 5.82 Å². The summed E-state index contributed by atoms with van der Waals surface area (Å²) < 4.78 is 41.2. The first kappa shape index (κ1) is 16.3. The Morgan fingerprint density at radius 3 is 2.81 bits per heavy atom. The predicted molar refractivity (Wildman–Crippen MR) is 84.0 cm³/mol. The van der Waals surface area contributed by atoms with Crippen LogP contribution < -0.4 is 10.5 Å². The maximum Gasteiger partial charge on any atom is 0.244 e. The number of hydrogen-bond acceptors (Lipinski definition) is 5. The molecule has 0 bridgehead atoms. The van der Waals surface area contributed by atoms with Crippen molar-refractivity contribution in [3.8, 4) is 0 Å². The zero-order valence-electron chi connectivity index (χ0n) is 11.0. The predicted octanol–water partition coefficient (Wildman–Crippen LogP) is 3.06. The molecule has 2 aromatic rings. The van der Waals surface area contributed by atoms with E-state index in [1.807, 2.05) is 6.92 Å². The van der Waals surface area contributed by atoms with E-state index in [2.05, 4.69) is 25.6 Å². The lowest BCUT2D eigenvalue weighted by Gasteiger charge is -2.15. The number of hydrogen-bond donors (Lipinski definition) is 2. The van der Waals surface area contributed by atoms with E-state index in [9.17, 15) is 12.8 Å². The second kappa shape index (κ2) is 6.39. The van der Waals surface area contributed by atoms with Gasteiger partial charge in [-0.2, -0.15) is 0 Å². The van der Waals surface area contributed by atoms with Crippen LogP contribution in [0.25, 0.3) is 0 Å². The molecular formula is C12H13BrFN3O2S2. The van der Waals surface area contributed by atoms with Crippen molar-refractivity contribution in [3.05, 3.63) is 39.0 Å². The molecule has 5 nitrogen and oxygen atoms in total. The molecule has 1 heterocycles. The smallest absolute Gasteiger partial charge is 0.244 e. The van der Waals surface area contributed by atoms with E-state index in [1.54, 1.807) is 11.6 Å². The summed E-state index contributed by atoms with van der Waals surface area (Å²) in [4.78, 5) is 3.60. The van der Waals surface area contributed by atoms with Crippen LogP contribution in [0.15, 0.2) is 33.1 Å². The maximum absolute atomic E-state index is 14.0. The zero-order valence-corrected chi connectivity index (χ0v) is 14.2. The lowest BCUT2D eigenvalue weighted by molar-refractivity contribution is 0.533. The molecule has 9 heteroatoms. The average Bonchev–Trinajstić information content (AvgIpc) is 2.94. The summed E-state index contributed by atoms with van der Waals surface area (Å²) in [5.41, 5.74) is 5.74. The molecule has 1 atom stereocenters. The van der Waals surface area contributed by atoms with E-state index in [1.165, 1.54) is 17.4 Å². The fourth-order valence-electron chi connectivity index (χ4n) is 1.75. The SMILES string of the molecule is CCC(NS(=O)(=O)c1cc(N)cc(Br)c1F)c1nccs1. The summed E-state index contributed by atoms with van der Waals surface area (Å²) in [7, 11) is -4.04. The molecule has 0 amide bonds. The van der Waals surface area contributed by atoms with Gasteiger partial charge in [-0.3, -0.25) is 0 Å². The van der Waals surface area contributed by atoms with Crippen LogP contribution in [0.4, 0.5) is 10.1 Å². The zero-order chi connectivity index (χ0) is 15.6. The van der Waals surface area contributed by atoms with Gasteiger partial charge in [0.1, 0.15) is 9.90 Å². The molecule has 0 aliphatic rings. The van der Waals surface area contributed by atoms with Crippen molar-refractivity contribution < 1.29 is 12.8 Å². The van der Waals surface area contributed by atoms with Crippen LogP contribution in [0.1, 0.15) is 24.4 Å². The number of sulfonamides is 1. The number of nitrogens with one attached hydrogen (secondary N) is 1. The van der Waals surface area contributed by atoms with Gasteiger partial charge in [-0.15, -0.1) is 11.3 Å². The fraction of sp³-hybridized carbons (Fsp3) is 0.250. The summed E-state index contributed by atoms with van der Waals surface area (Å²) in [5, 5.41) is 2.38. The molecule has 1 unspecified atom stereocenters. The second-order valence-corrected chi connectivity index (χ2v) is 7.73. The Balaban J connectivity index is 2.39. The van der Waals surface area contributed by atoms with Gasteiger partial charge in [-0.1, -0.05) is 6.92 Å². The summed E-state index contributed by atoms with van der Waals surface area (Å²) >= 11 is 4.29. The van der Waals surface area contributed by atoms with Crippen LogP contribution in [-0.4, -0.2) is 13.4 Å². The monoisotopic (exact) mass is 393 g/mol. The molecule has 0 saturated heterocycles. The number of anilines is 1. The van der Waals surface area contributed by atoms with Crippen LogP contribution >= 0.6 is 27.3 Å². The molecule has 21 heavy (non-hydrogen) atoms. The molecule has 0 radical (unpaired) electrons. The Morgan fingerprint density at radius 2 is 2.24 bits per heavy atom. The first-order valence-electron chi connectivity index (χ1n) is 6.01. The largest absolute Gasteiger partial charge is 0.399 e. The number of rotatable bonds is 5. The van der Waals surface area contributed by atoms with E-state index in [0.29, 0.717) is 11.4 Å². The molecule has 1 aromatic carbocycles. The minimum atomic E-state index is -4.04. The summed E-state index contributed by atoms with van der Waals surface area (Å²) in [6.45, 7) is 1.82. The van der Waals surface area contributed by atoms with Crippen LogP contribution in [0.2, 0.25) is 0 Å². The van der Waals surface area contributed by atoms with Crippen LogP contribution in [0, 0.1) is 5.82 Å². The van der Waals surface area contributed by atoms with Crippen LogP contribution in [0.5, 0.6) is 0 Å². The highest BCUT2D eigenvalue weighted by molar-refractivity contribution is 9.10. The molecule has 0 aliphatic heterocycles.